The normalized spacial score (nSPS) is 18.4. The second kappa shape index (κ2) is 7.88. The molecule has 0 spiro atoms. The summed E-state index contributed by atoms with van der Waals surface area (Å²) in [5.74, 6) is 0.629. The summed E-state index contributed by atoms with van der Waals surface area (Å²) in [6.07, 6.45) is 3.06. The molecule has 1 fully saturated rings. The number of thiazole rings is 1. The van der Waals surface area contributed by atoms with Gasteiger partial charge in [0, 0.05) is 24.5 Å². The Hall–Kier alpha value is -1.34. The predicted octanol–water partition coefficient (Wildman–Crippen LogP) is 0.560. The summed E-state index contributed by atoms with van der Waals surface area (Å²) >= 11 is 1.57. The molecule has 1 aromatic rings. The van der Waals surface area contributed by atoms with E-state index >= 15 is 0 Å². The summed E-state index contributed by atoms with van der Waals surface area (Å²) in [5, 5.41) is 9.74. The Balaban J connectivity index is 0.000000180. The quantitative estimate of drug-likeness (QED) is 0.603. The highest BCUT2D eigenvalue weighted by molar-refractivity contribution is 7.16. The standard InChI is InChI=1S/C6H12N2O.C5H9N3S/c9-5-8-6-2-1-3-7-4-6;1-3-4(6)8-5(7-2)9-3/h5-7H,1-4H2,(H,8,9);6H2,1-2H3,(H,7,8). The molecule has 0 bridgehead atoms. The monoisotopic (exact) mass is 271 g/mol. The lowest BCUT2D eigenvalue weighted by atomic mass is 10.1. The molecule has 1 aromatic heterocycles. The molecule has 102 valence electrons. The topological polar surface area (TPSA) is 92.1 Å². The molecular weight excluding hydrogens is 250 g/mol. The predicted molar refractivity (Wildman–Crippen MR) is 75.9 cm³/mol. The number of hydrogen-bond acceptors (Lipinski definition) is 6. The summed E-state index contributed by atoms with van der Waals surface area (Å²) in [7, 11) is 1.83. The fourth-order valence-electron chi connectivity index (χ4n) is 1.61. The van der Waals surface area contributed by atoms with Gasteiger partial charge in [0.05, 0.1) is 0 Å². The first-order valence-corrected chi connectivity index (χ1v) is 6.80. The van der Waals surface area contributed by atoms with Gasteiger partial charge in [-0.1, -0.05) is 0 Å². The summed E-state index contributed by atoms with van der Waals surface area (Å²) in [4.78, 5) is 15.0. The number of hydrogen-bond donors (Lipinski definition) is 4. The Morgan fingerprint density at radius 1 is 1.61 bits per heavy atom. The number of nitrogens with two attached hydrogens (primary N) is 1. The highest BCUT2D eigenvalue weighted by Gasteiger charge is 2.09. The number of carbonyl (C=O) groups is 1. The number of anilines is 2. The third-order valence-electron chi connectivity index (χ3n) is 2.65. The lowest BCUT2D eigenvalue weighted by Crippen LogP contribution is -2.42. The molecule has 0 aliphatic carbocycles. The number of rotatable bonds is 3. The van der Waals surface area contributed by atoms with Crippen LogP contribution in [0.5, 0.6) is 0 Å². The maximum absolute atomic E-state index is 9.93. The minimum atomic E-state index is 0.372. The maximum atomic E-state index is 9.93. The largest absolute Gasteiger partial charge is 0.383 e. The molecule has 0 aromatic carbocycles. The van der Waals surface area contributed by atoms with Crippen LogP contribution in [0.4, 0.5) is 10.9 Å². The minimum absolute atomic E-state index is 0.372. The van der Waals surface area contributed by atoms with Gasteiger partial charge in [-0.25, -0.2) is 4.98 Å². The minimum Gasteiger partial charge on any atom is -0.383 e. The van der Waals surface area contributed by atoms with Gasteiger partial charge < -0.3 is 21.7 Å². The van der Waals surface area contributed by atoms with Crippen molar-refractivity contribution in [3.05, 3.63) is 4.88 Å². The van der Waals surface area contributed by atoms with Crippen LogP contribution in [0.3, 0.4) is 0 Å². The average Bonchev–Trinajstić information content (AvgIpc) is 2.71. The number of aryl methyl sites for hydroxylation is 1. The lowest BCUT2D eigenvalue weighted by molar-refractivity contribution is -0.110. The molecule has 1 aliphatic heterocycles. The summed E-state index contributed by atoms with van der Waals surface area (Å²) in [5.41, 5.74) is 5.48. The van der Waals surface area contributed by atoms with Gasteiger partial charge in [0.1, 0.15) is 5.82 Å². The molecule has 2 heterocycles. The molecule has 0 saturated carbocycles. The highest BCUT2D eigenvalue weighted by atomic mass is 32.1. The van der Waals surface area contributed by atoms with E-state index in [9.17, 15) is 4.79 Å². The Morgan fingerprint density at radius 3 is 2.78 bits per heavy atom. The van der Waals surface area contributed by atoms with Crippen LogP contribution < -0.4 is 21.7 Å². The maximum Gasteiger partial charge on any atom is 0.207 e. The molecular formula is C11H21N5OS. The fourth-order valence-corrected chi connectivity index (χ4v) is 2.29. The van der Waals surface area contributed by atoms with E-state index in [4.69, 9.17) is 5.73 Å². The van der Waals surface area contributed by atoms with Crippen molar-refractivity contribution in [1.82, 2.24) is 15.6 Å². The first-order chi connectivity index (χ1) is 8.67. The van der Waals surface area contributed by atoms with Gasteiger partial charge in [0.15, 0.2) is 5.13 Å². The van der Waals surface area contributed by atoms with Crippen LogP contribution in [0.2, 0.25) is 0 Å². The van der Waals surface area contributed by atoms with E-state index in [1.54, 1.807) is 11.3 Å². The van der Waals surface area contributed by atoms with Gasteiger partial charge in [-0.05, 0) is 26.3 Å². The van der Waals surface area contributed by atoms with E-state index < -0.39 is 0 Å². The average molecular weight is 271 g/mol. The van der Waals surface area contributed by atoms with E-state index in [0.29, 0.717) is 11.9 Å². The molecule has 5 N–H and O–H groups in total. The molecule has 2 rings (SSSR count). The van der Waals surface area contributed by atoms with Crippen LogP contribution in [-0.2, 0) is 4.79 Å². The molecule has 7 heteroatoms. The SMILES string of the molecule is CNc1nc(N)c(C)s1.O=CNC1CCCNC1. The molecule has 0 radical (unpaired) electrons. The highest BCUT2D eigenvalue weighted by Crippen LogP contribution is 2.22. The molecule has 6 nitrogen and oxygen atoms in total. The van der Waals surface area contributed by atoms with Crippen molar-refractivity contribution in [2.75, 3.05) is 31.2 Å². The zero-order valence-electron chi connectivity index (χ0n) is 10.8. The second-order valence-corrected chi connectivity index (χ2v) is 5.24. The first-order valence-electron chi connectivity index (χ1n) is 5.98. The molecule has 1 amide bonds. The molecule has 1 atom stereocenters. The van der Waals surface area contributed by atoms with E-state index in [1.807, 2.05) is 14.0 Å². The number of piperidine rings is 1. The summed E-state index contributed by atoms with van der Waals surface area (Å²) < 4.78 is 0. The summed E-state index contributed by atoms with van der Waals surface area (Å²) in [6, 6.07) is 0.372. The van der Waals surface area contributed by atoms with E-state index in [2.05, 4.69) is 20.9 Å². The molecule has 18 heavy (non-hydrogen) atoms. The Morgan fingerprint density at radius 2 is 2.39 bits per heavy atom. The number of nitrogen functional groups attached to an aromatic ring is 1. The lowest BCUT2D eigenvalue weighted by Gasteiger charge is -2.21. The molecule has 1 unspecified atom stereocenters. The van der Waals surface area contributed by atoms with Crippen LogP contribution >= 0.6 is 11.3 Å². The van der Waals surface area contributed by atoms with E-state index in [0.717, 1.165) is 35.9 Å². The van der Waals surface area contributed by atoms with Crippen LogP contribution in [0, 0.1) is 6.92 Å². The van der Waals surface area contributed by atoms with Gasteiger partial charge in [0.25, 0.3) is 0 Å². The second-order valence-electron chi connectivity index (χ2n) is 4.04. The van der Waals surface area contributed by atoms with Crippen molar-refractivity contribution in [1.29, 1.82) is 0 Å². The zero-order valence-corrected chi connectivity index (χ0v) is 11.6. The van der Waals surface area contributed by atoms with Crippen LogP contribution in [-0.4, -0.2) is 37.6 Å². The van der Waals surface area contributed by atoms with Gasteiger partial charge in [0.2, 0.25) is 6.41 Å². The number of nitrogens with one attached hydrogen (secondary N) is 3. The number of nitrogens with zero attached hydrogens (tertiary/aromatic N) is 1. The van der Waals surface area contributed by atoms with Crippen molar-refractivity contribution in [2.45, 2.75) is 25.8 Å². The van der Waals surface area contributed by atoms with Crippen LogP contribution in [0.25, 0.3) is 0 Å². The molecule has 1 aliphatic rings. The Labute approximate surface area is 111 Å². The number of amides is 1. The summed E-state index contributed by atoms with van der Waals surface area (Å²) in [6.45, 7) is 3.98. The van der Waals surface area contributed by atoms with E-state index in [-0.39, 0.29) is 0 Å². The van der Waals surface area contributed by atoms with Gasteiger partial charge in [-0.15, -0.1) is 11.3 Å². The number of aromatic nitrogens is 1. The number of carbonyl (C=O) groups excluding carboxylic acids is 1. The zero-order chi connectivity index (χ0) is 13.4. The van der Waals surface area contributed by atoms with Crippen molar-refractivity contribution < 1.29 is 4.79 Å². The molecule has 1 saturated heterocycles. The third-order valence-corrected chi connectivity index (χ3v) is 3.65. The fraction of sp³-hybridized carbons (Fsp3) is 0.636. The Bertz CT molecular complexity index is 343. The van der Waals surface area contributed by atoms with Gasteiger partial charge >= 0.3 is 0 Å². The van der Waals surface area contributed by atoms with Crippen molar-refractivity contribution in [2.24, 2.45) is 0 Å². The van der Waals surface area contributed by atoms with Crippen LogP contribution in [0.15, 0.2) is 0 Å². The van der Waals surface area contributed by atoms with Crippen molar-refractivity contribution in [3.8, 4) is 0 Å². The Kier molecular flexibility index (Phi) is 6.45. The van der Waals surface area contributed by atoms with Crippen LogP contribution in [0.1, 0.15) is 17.7 Å². The van der Waals surface area contributed by atoms with Gasteiger partial charge in [-0.3, -0.25) is 4.79 Å². The third kappa shape index (κ3) is 4.89. The van der Waals surface area contributed by atoms with Gasteiger partial charge in [-0.2, -0.15) is 0 Å². The van der Waals surface area contributed by atoms with E-state index in [1.165, 1.54) is 6.42 Å². The first kappa shape index (κ1) is 14.7. The smallest absolute Gasteiger partial charge is 0.207 e. The van der Waals surface area contributed by atoms with Crippen molar-refractivity contribution >= 4 is 28.7 Å². The van der Waals surface area contributed by atoms with Crippen molar-refractivity contribution in [3.63, 3.8) is 0 Å².